The van der Waals surface area contributed by atoms with E-state index in [0.29, 0.717) is 24.1 Å². The van der Waals surface area contributed by atoms with E-state index < -0.39 is 12.1 Å². The molecule has 0 aromatic heterocycles. The molecule has 2 aliphatic rings. The number of carboxylic acid groups (broad SMARTS) is 1. The van der Waals surface area contributed by atoms with Gasteiger partial charge in [0.25, 0.3) is 11.8 Å². The molecule has 2 amide bonds. The van der Waals surface area contributed by atoms with E-state index in [9.17, 15) is 22.8 Å². The molecule has 0 spiro atoms. The van der Waals surface area contributed by atoms with E-state index in [1.165, 1.54) is 14.7 Å². The fraction of sp³-hybridized carbons (Fsp3) is 0.261. The topological polar surface area (TPSA) is 101 Å². The number of benzene rings is 2. The van der Waals surface area contributed by atoms with Gasteiger partial charge in [-0.3, -0.25) is 14.5 Å². The molecular weight excluding hydrogens is 489 g/mol. The highest BCUT2D eigenvalue weighted by atomic mass is 32.2. The lowest BCUT2D eigenvalue weighted by molar-refractivity contribution is -0.192. The zero-order valence-corrected chi connectivity index (χ0v) is 19.3. The van der Waals surface area contributed by atoms with Crippen LogP contribution in [0, 0.1) is 0 Å². The first-order valence-electron chi connectivity index (χ1n) is 10.2. The van der Waals surface area contributed by atoms with Crippen LogP contribution in [0.2, 0.25) is 0 Å². The number of carbonyl (C=O) groups excluding carboxylic acids is 2. The zero-order valence-electron chi connectivity index (χ0n) is 17.7. The molecular formula is C23H21F3N2O4S2. The third-order valence-electron chi connectivity index (χ3n) is 4.97. The standard InChI is InChI=1S/C21H20N2O2S2.C2HF3O2/c22-12-6-5-7-14(13-19-26-17-10-3-4-11-18(17)27-19)23-20(24)15-8-1-2-9-16(15)21(23)25;3-2(4,5)1(6)7/h1-6,8-11,14,19H,7,12-13,22H2;(H,6,7). The molecule has 0 saturated carbocycles. The van der Waals surface area contributed by atoms with Gasteiger partial charge in [0.15, 0.2) is 0 Å². The third-order valence-corrected chi connectivity index (χ3v) is 7.81. The van der Waals surface area contributed by atoms with Crippen molar-refractivity contribution in [1.29, 1.82) is 0 Å². The summed E-state index contributed by atoms with van der Waals surface area (Å²) in [6.07, 6.45) is 0.140. The Labute approximate surface area is 202 Å². The van der Waals surface area contributed by atoms with Crippen molar-refractivity contribution in [3.8, 4) is 0 Å². The quantitative estimate of drug-likeness (QED) is 0.425. The van der Waals surface area contributed by atoms with E-state index in [1.807, 2.05) is 47.8 Å². The number of imide groups is 1. The number of fused-ring (bicyclic) bond motifs is 2. The molecule has 11 heteroatoms. The lowest BCUT2D eigenvalue weighted by Crippen LogP contribution is -2.40. The number of carbonyl (C=O) groups is 3. The van der Waals surface area contributed by atoms with Crippen molar-refractivity contribution < 1.29 is 32.7 Å². The van der Waals surface area contributed by atoms with Crippen molar-refractivity contribution in [2.75, 3.05) is 6.54 Å². The summed E-state index contributed by atoms with van der Waals surface area (Å²) in [5.74, 6) is -3.13. The Morgan fingerprint density at radius 3 is 1.91 bits per heavy atom. The molecule has 4 rings (SSSR count). The summed E-state index contributed by atoms with van der Waals surface area (Å²) in [4.78, 5) is 38.7. The summed E-state index contributed by atoms with van der Waals surface area (Å²) in [7, 11) is 0. The minimum absolute atomic E-state index is 0.181. The first-order chi connectivity index (χ1) is 16.1. The van der Waals surface area contributed by atoms with E-state index in [1.54, 1.807) is 24.3 Å². The maximum Gasteiger partial charge on any atom is 0.490 e. The number of carboxylic acids is 1. The average Bonchev–Trinajstić information content (AvgIpc) is 3.31. The Balaban J connectivity index is 0.000000406. The molecule has 2 aliphatic heterocycles. The Bertz CT molecular complexity index is 1050. The van der Waals surface area contributed by atoms with E-state index in [2.05, 4.69) is 12.1 Å². The normalized spacial score (nSPS) is 16.3. The average molecular weight is 511 g/mol. The van der Waals surface area contributed by atoms with Crippen LogP contribution in [-0.4, -0.2) is 51.1 Å². The van der Waals surface area contributed by atoms with Crippen LogP contribution in [0.3, 0.4) is 0 Å². The number of alkyl halides is 3. The molecule has 2 heterocycles. The van der Waals surface area contributed by atoms with Crippen LogP contribution in [0.5, 0.6) is 0 Å². The van der Waals surface area contributed by atoms with Gasteiger partial charge >= 0.3 is 12.1 Å². The molecule has 2 aromatic carbocycles. The van der Waals surface area contributed by atoms with Gasteiger partial charge in [-0.15, -0.1) is 23.5 Å². The zero-order chi connectivity index (χ0) is 24.9. The number of rotatable bonds is 6. The fourth-order valence-electron chi connectivity index (χ4n) is 3.47. The predicted octanol–water partition coefficient (Wildman–Crippen LogP) is 4.80. The number of nitrogens with two attached hydrogens (primary N) is 1. The van der Waals surface area contributed by atoms with Crippen molar-refractivity contribution in [2.24, 2.45) is 5.73 Å². The number of hydrogen-bond acceptors (Lipinski definition) is 6. The second-order valence-electron chi connectivity index (χ2n) is 7.27. The van der Waals surface area contributed by atoms with Gasteiger partial charge in [-0.2, -0.15) is 13.2 Å². The van der Waals surface area contributed by atoms with Crippen molar-refractivity contribution in [3.63, 3.8) is 0 Å². The summed E-state index contributed by atoms with van der Waals surface area (Å²) in [5, 5.41) is 7.12. The van der Waals surface area contributed by atoms with Crippen molar-refractivity contribution in [1.82, 2.24) is 4.90 Å². The molecule has 0 fully saturated rings. The molecule has 180 valence electrons. The first kappa shape index (κ1) is 25.9. The summed E-state index contributed by atoms with van der Waals surface area (Å²) in [6, 6.07) is 15.2. The van der Waals surface area contributed by atoms with Gasteiger partial charge in [0, 0.05) is 22.4 Å². The highest BCUT2D eigenvalue weighted by Gasteiger charge is 2.41. The summed E-state index contributed by atoms with van der Waals surface area (Å²) >= 11 is 3.63. The third kappa shape index (κ3) is 6.02. The Morgan fingerprint density at radius 2 is 1.47 bits per heavy atom. The maximum atomic E-state index is 12.9. The molecule has 1 unspecified atom stereocenters. The van der Waals surface area contributed by atoms with Gasteiger partial charge < -0.3 is 10.8 Å². The summed E-state index contributed by atoms with van der Waals surface area (Å²) < 4.78 is 32.0. The van der Waals surface area contributed by atoms with E-state index in [4.69, 9.17) is 15.6 Å². The highest BCUT2D eigenvalue weighted by molar-refractivity contribution is 8.19. The van der Waals surface area contributed by atoms with Crippen molar-refractivity contribution in [2.45, 2.75) is 39.4 Å². The van der Waals surface area contributed by atoms with Gasteiger partial charge in [0.1, 0.15) is 0 Å². The maximum absolute atomic E-state index is 12.9. The minimum atomic E-state index is -5.08. The molecule has 0 radical (unpaired) electrons. The van der Waals surface area contributed by atoms with Crippen LogP contribution in [-0.2, 0) is 4.79 Å². The Kier molecular flexibility index (Phi) is 8.45. The Morgan fingerprint density at radius 1 is 1.00 bits per heavy atom. The lowest BCUT2D eigenvalue weighted by atomic mass is 10.1. The lowest BCUT2D eigenvalue weighted by Gasteiger charge is -2.27. The number of halogens is 3. The van der Waals surface area contributed by atoms with Gasteiger partial charge in [-0.25, -0.2) is 4.79 Å². The second kappa shape index (κ2) is 11.1. The first-order valence-corrected chi connectivity index (χ1v) is 11.9. The monoisotopic (exact) mass is 510 g/mol. The molecule has 0 aliphatic carbocycles. The van der Waals surface area contributed by atoms with Crippen LogP contribution in [0.15, 0.2) is 70.5 Å². The van der Waals surface area contributed by atoms with Gasteiger partial charge in [-0.05, 0) is 37.1 Å². The smallest absolute Gasteiger partial charge is 0.475 e. The Hall–Kier alpha value is -2.76. The van der Waals surface area contributed by atoms with Gasteiger partial charge in [0.05, 0.1) is 15.7 Å². The molecule has 34 heavy (non-hydrogen) atoms. The van der Waals surface area contributed by atoms with Gasteiger partial charge in [0.2, 0.25) is 0 Å². The van der Waals surface area contributed by atoms with Crippen molar-refractivity contribution in [3.05, 3.63) is 71.8 Å². The minimum Gasteiger partial charge on any atom is -0.475 e. The number of hydrogen-bond donors (Lipinski definition) is 2. The molecule has 6 nitrogen and oxygen atoms in total. The summed E-state index contributed by atoms with van der Waals surface area (Å²) in [5.41, 5.74) is 6.58. The molecule has 3 N–H and O–H groups in total. The molecule has 0 bridgehead atoms. The predicted molar refractivity (Wildman–Crippen MR) is 124 cm³/mol. The number of nitrogens with zero attached hydrogens (tertiary/aromatic N) is 1. The van der Waals surface area contributed by atoms with Crippen LogP contribution < -0.4 is 5.73 Å². The van der Waals surface area contributed by atoms with E-state index in [0.717, 1.165) is 6.42 Å². The van der Waals surface area contributed by atoms with Gasteiger partial charge in [-0.1, -0.05) is 36.4 Å². The fourth-order valence-corrected chi connectivity index (χ4v) is 6.46. The molecule has 2 aromatic rings. The van der Waals surface area contributed by atoms with Crippen LogP contribution in [0.4, 0.5) is 13.2 Å². The van der Waals surface area contributed by atoms with Crippen molar-refractivity contribution >= 4 is 41.3 Å². The van der Waals surface area contributed by atoms with Crippen LogP contribution in [0.25, 0.3) is 0 Å². The highest BCUT2D eigenvalue weighted by Crippen LogP contribution is 2.50. The number of aliphatic carboxylic acids is 1. The van der Waals surface area contributed by atoms with Crippen LogP contribution >= 0.6 is 23.5 Å². The second-order valence-corrected chi connectivity index (χ2v) is 10.1. The number of amides is 2. The van der Waals surface area contributed by atoms with E-state index >= 15 is 0 Å². The SMILES string of the molecule is NCC=CCC(CC1Sc2ccccc2S1)N1C(=O)c2ccccc2C1=O.O=C(O)C(F)(F)F. The number of thioether (sulfide) groups is 2. The largest absolute Gasteiger partial charge is 0.490 e. The van der Waals surface area contributed by atoms with Crippen LogP contribution in [0.1, 0.15) is 33.6 Å². The summed E-state index contributed by atoms with van der Waals surface area (Å²) in [6.45, 7) is 0.452. The molecule has 1 atom stereocenters. The molecule has 0 saturated heterocycles. The van der Waals surface area contributed by atoms with E-state index in [-0.39, 0.29) is 22.4 Å².